The third-order valence-electron chi connectivity index (χ3n) is 4.00. The van der Waals surface area contributed by atoms with Gasteiger partial charge in [0.2, 0.25) is 5.91 Å². The molecule has 0 saturated heterocycles. The topological polar surface area (TPSA) is 56.8 Å². The molecular weight excluding hydrogens is 330 g/mol. The van der Waals surface area contributed by atoms with Gasteiger partial charge in [-0.2, -0.15) is 0 Å². The minimum atomic E-state index is 0.0676. The van der Waals surface area contributed by atoms with Crippen LogP contribution in [0.4, 0.5) is 0 Å². The van der Waals surface area contributed by atoms with Gasteiger partial charge in [0.15, 0.2) is 0 Å². The second-order valence-electron chi connectivity index (χ2n) is 5.93. The maximum Gasteiger partial charge on any atom is 0.220 e. The van der Waals surface area contributed by atoms with E-state index in [1.807, 2.05) is 36.4 Å². The molecule has 0 spiro atoms. The van der Waals surface area contributed by atoms with Gasteiger partial charge in [-0.3, -0.25) is 4.79 Å². The first-order valence-electron chi connectivity index (χ1n) is 8.88. The Kier molecular flexibility index (Phi) is 8.33. The Morgan fingerprint density at radius 1 is 0.846 bits per heavy atom. The van der Waals surface area contributed by atoms with Crippen LogP contribution in [-0.4, -0.2) is 33.3 Å². The zero-order chi connectivity index (χ0) is 18.6. The number of rotatable bonds is 11. The second kappa shape index (κ2) is 11.0. The Labute approximate surface area is 155 Å². The van der Waals surface area contributed by atoms with Gasteiger partial charge in [-0.1, -0.05) is 12.1 Å². The molecule has 0 aliphatic rings. The summed E-state index contributed by atoms with van der Waals surface area (Å²) >= 11 is 0. The lowest BCUT2D eigenvalue weighted by atomic mass is 10.1. The van der Waals surface area contributed by atoms with E-state index in [2.05, 4.69) is 17.4 Å². The average molecular weight is 357 g/mol. The highest BCUT2D eigenvalue weighted by Gasteiger charge is 2.02. The van der Waals surface area contributed by atoms with Crippen LogP contribution < -0.4 is 19.5 Å². The monoisotopic (exact) mass is 357 g/mol. The lowest BCUT2D eigenvalue weighted by Crippen LogP contribution is -2.24. The summed E-state index contributed by atoms with van der Waals surface area (Å²) in [7, 11) is 3.29. The number of hydrogen-bond donors (Lipinski definition) is 1. The Balaban J connectivity index is 1.52. The van der Waals surface area contributed by atoms with E-state index in [9.17, 15) is 4.79 Å². The normalized spacial score (nSPS) is 10.2. The van der Waals surface area contributed by atoms with Crippen molar-refractivity contribution in [3.8, 4) is 17.2 Å². The van der Waals surface area contributed by atoms with E-state index in [1.54, 1.807) is 14.2 Å². The second-order valence-corrected chi connectivity index (χ2v) is 5.93. The first-order chi connectivity index (χ1) is 12.7. The molecule has 0 fully saturated rings. The van der Waals surface area contributed by atoms with Gasteiger partial charge in [0.25, 0.3) is 0 Å². The van der Waals surface area contributed by atoms with Crippen molar-refractivity contribution in [1.29, 1.82) is 0 Å². The molecule has 0 saturated carbocycles. The van der Waals surface area contributed by atoms with Crippen molar-refractivity contribution >= 4 is 5.91 Å². The predicted octanol–water partition coefficient (Wildman–Crippen LogP) is 3.61. The van der Waals surface area contributed by atoms with Gasteiger partial charge < -0.3 is 19.5 Å². The van der Waals surface area contributed by atoms with Crippen molar-refractivity contribution in [2.45, 2.75) is 25.7 Å². The fourth-order valence-electron chi connectivity index (χ4n) is 2.50. The number of amides is 1. The van der Waals surface area contributed by atoms with Crippen LogP contribution in [0.15, 0.2) is 48.5 Å². The molecule has 140 valence electrons. The van der Waals surface area contributed by atoms with Crippen LogP contribution in [0.2, 0.25) is 0 Å². The summed E-state index contributed by atoms with van der Waals surface area (Å²) in [5, 5.41) is 2.95. The third kappa shape index (κ3) is 7.05. The first kappa shape index (κ1) is 19.6. The van der Waals surface area contributed by atoms with E-state index in [4.69, 9.17) is 14.2 Å². The molecule has 0 atom stereocenters. The van der Waals surface area contributed by atoms with Crippen LogP contribution in [0.1, 0.15) is 24.8 Å². The van der Waals surface area contributed by atoms with Gasteiger partial charge in [0.05, 0.1) is 20.8 Å². The van der Waals surface area contributed by atoms with Crippen LogP contribution in [0.5, 0.6) is 17.2 Å². The summed E-state index contributed by atoms with van der Waals surface area (Å²) in [4.78, 5) is 11.8. The summed E-state index contributed by atoms with van der Waals surface area (Å²) in [5.74, 6) is 2.51. The van der Waals surface area contributed by atoms with Crippen LogP contribution in [0.25, 0.3) is 0 Å². The van der Waals surface area contributed by atoms with E-state index < -0.39 is 0 Å². The molecule has 26 heavy (non-hydrogen) atoms. The number of carbonyl (C=O) groups is 1. The maximum absolute atomic E-state index is 11.8. The number of benzene rings is 2. The maximum atomic E-state index is 11.8. The van der Waals surface area contributed by atoms with E-state index in [-0.39, 0.29) is 5.91 Å². The molecule has 2 rings (SSSR count). The van der Waals surface area contributed by atoms with Gasteiger partial charge in [0.1, 0.15) is 17.2 Å². The van der Waals surface area contributed by atoms with E-state index >= 15 is 0 Å². The van der Waals surface area contributed by atoms with Crippen molar-refractivity contribution in [2.75, 3.05) is 27.4 Å². The molecule has 0 heterocycles. The number of nitrogens with one attached hydrogen (secondary N) is 1. The van der Waals surface area contributed by atoms with E-state index in [0.717, 1.165) is 30.1 Å². The molecule has 5 nitrogen and oxygen atoms in total. The molecule has 2 aromatic carbocycles. The van der Waals surface area contributed by atoms with Crippen LogP contribution in [0.3, 0.4) is 0 Å². The summed E-state index contributed by atoms with van der Waals surface area (Å²) in [6.45, 7) is 1.20. The van der Waals surface area contributed by atoms with E-state index in [0.29, 0.717) is 26.0 Å². The van der Waals surface area contributed by atoms with E-state index in [1.165, 1.54) is 5.56 Å². The van der Waals surface area contributed by atoms with Crippen molar-refractivity contribution in [3.63, 3.8) is 0 Å². The smallest absolute Gasteiger partial charge is 0.220 e. The highest BCUT2D eigenvalue weighted by molar-refractivity contribution is 5.75. The number of ether oxygens (including phenoxy) is 3. The van der Waals surface area contributed by atoms with Crippen LogP contribution in [0, 0.1) is 0 Å². The minimum Gasteiger partial charge on any atom is -0.497 e. The lowest BCUT2D eigenvalue weighted by Gasteiger charge is -2.08. The number of aryl methyl sites for hydroxylation is 1. The predicted molar refractivity (Wildman–Crippen MR) is 102 cm³/mol. The molecule has 1 amide bonds. The summed E-state index contributed by atoms with van der Waals surface area (Å²) in [5.41, 5.74) is 1.24. The highest BCUT2D eigenvalue weighted by atomic mass is 16.5. The summed E-state index contributed by atoms with van der Waals surface area (Å²) in [6.07, 6.45) is 3.01. The molecule has 0 unspecified atom stereocenters. The number of methoxy groups -OCH3 is 2. The first-order valence-corrected chi connectivity index (χ1v) is 8.88. The quantitative estimate of drug-likeness (QED) is 0.624. The fourth-order valence-corrected chi connectivity index (χ4v) is 2.50. The summed E-state index contributed by atoms with van der Waals surface area (Å²) < 4.78 is 15.8. The SMILES string of the molecule is COc1ccc(CCCNC(=O)CCCOc2ccc(OC)cc2)cc1. The van der Waals surface area contributed by atoms with Gasteiger partial charge >= 0.3 is 0 Å². The fraction of sp³-hybridized carbons (Fsp3) is 0.381. The van der Waals surface area contributed by atoms with Crippen molar-refractivity contribution < 1.29 is 19.0 Å². The Bertz CT molecular complexity index is 595. The molecule has 1 N–H and O–H groups in total. The number of carbonyl (C=O) groups excluding carboxylic acids is 1. The molecule has 0 aliphatic heterocycles. The molecule has 2 aromatic rings. The Hall–Kier alpha value is -2.69. The molecule has 0 aromatic heterocycles. The van der Waals surface area contributed by atoms with Gasteiger partial charge in [-0.15, -0.1) is 0 Å². The lowest BCUT2D eigenvalue weighted by molar-refractivity contribution is -0.121. The summed E-state index contributed by atoms with van der Waals surface area (Å²) in [6, 6.07) is 15.4. The molecule has 0 radical (unpaired) electrons. The van der Waals surface area contributed by atoms with Crippen LogP contribution >= 0.6 is 0 Å². The van der Waals surface area contributed by atoms with Crippen molar-refractivity contribution in [3.05, 3.63) is 54.1 Å². The average Bonchev–Trinajstić information content (AvgIpc) is 2.69. The molecule has 0 aliphatic carbocycles. The third-order valence-corrected chi connectivity index (χ3v) is 4.00. The zero-order valence-corrected chi connectivity index (χ0v) is 15.5. The zero-order valence-electron chi connectivity index (χ0n) is 15.5. The molecule has 5 heteroatoms. The minimum absolute atomic E-state index is 0.0676. The number of hydrogen-bond acceptors (Lipinski definition) is 4. The van der Waals surface area contributed by atoms with Gasteiger partial charge in [-0.05, 0) is 61.2 Å². The van der Waals surface area contributed by atoms with Crippen LogP contribution in [-0.2, 0) is 11.2 Å². The van der Waals surface area contributed by atoms with Crippen molar-refractivity contribution in [2.24, 2.45) is 0 Å². The standard InChI is InChI=1S/C21H27NO4/c1-24-18-9-7-17(8-10-18)5-3-15-22-21(23)6-4-16-26-20-13-11-19(25-2)12-14-20/h7-14H,3-6,15-16H2,1-2H3,(H,22,23). The van der Waals surface area contributed by atoms with Crippen molar-refractivity contribution in [1.82, 2.24) is 5.32 Å². The Morgan fingerprint density at radius 3 is 2.04 bits per heavy atom. The Morgan fingerprint density at radius 2 is 1.42 bits per heavy atom. The van der Waals surface area contributed by atoms with Gasteiger partial charge in [-0.25, -0.2) is 0 Å². The van der Waals surface area contributed by atoms with Gasteiger partial charge in [0, 0.05) is 13.0 Å². The molecule has 0 bridgehead atoms. The largest absolute Gasteiger partial charge is 0.497 e. The molecular formula is C21H27NO4. The highest BCUT2D eigenvalue weighted by Crippen LogP contribution is 2.17.